The second-order valence-corrected chi connectivity index (χ2v) is 5.44. The second kappa shape index (κ2) is 5.99. The normalized spacial score (nSPS) is 15.3. The lowest BCUT2D eigenvalue weighted by Gasteiger charge is -2.30. The summed E-state index contributed by atoms with van der Waals surface area (Å²) in [4.78, 5) is 2.49. The Kier molecular flexibility index (Phi) is 3.90. The number of piperidine rings is 1. The van der Waals surface area contributed by atoms with E-state index >= 15 is 0 Å². The molecule has 0 unspecified atom stereocenters. The molecule has 2 N–H and O–H groups in total. The maximum atomic E-state index is 4.07. The van der Waals surface area contributed by atoms with Crippen LogP contribution in [0.4, 0.5) is 11.4 Å². The topological polar surface area (TPSA) is 44.0 Å². The Hall–Kier alpha value is -1.97. The van der Waals surface area contributed by atoms with Crippen molar-refractivity contribution < 1.29 is 0 Å². The molecule has 4 heteroatoms. The molecule has 1 saturated heterocycles. The molecule has 1 aliphatic heterocycles. The van der Waals surface area contributed by atoms with E-state index in [0.717, 1.165) is 12.2 Å². The first-order valence-corrected chi connectivity index (χ1v) is 7.41. The van der Waals surface area contributed by atoms with E-state index in [1.807, 2.05) is 6.20 Å². The fraction of sp³-hybridized carbons (Fsp3) is 0.438. The summed E-state index contributed by atoms with van der Waals surface area (Å²) >= 11 is 0. The third-order valence-electron chi connectivity index (χ3n) is 4.00. The van der Waals surface area contributed by atoms with Crippen molar-refractivity contribution in [2.45, 2.75) is 32.7 Å². The molecule has 0 spiro atoms. The zero-order valence-corrected chi connectivity index (χ0v) is 12.0. The predicted molar refractivity (Wildman–Crippen MR) is 83.2 cm³/mol. The van der Waals surface area contributed by atoms with Crippen molar-refractivity contribution in [2.75, 3.05) is 23.3 Å². The molecule has 2 aromatic rings. The number of aromatic amines is 1. The predicted octanol–water partition coefficient (Wildman–Crippen LogP) is 3.32. The van der Waals surface area contributed by atoms with Crippen LogP contribution >= 0.6 is 0 Å². The summed E-state index contributed by atoms with van der Waals surface area (Å²) in [5.74, 6) is 0. The largest absolute Gasteiger partial charge is 0.379 e. The van der Waals surface area contributed by atoms with E-state index in [4.69, 9.17) is 0 Å². The Labute approximate surface area is 120 Å². The van der Waals surface area contributed by atoms with Gasteiger partial charge in [-0.2, -0.15) is 5.10 Å². The van der Waals surface area contributed by atoms with Gasteiger partial charge in [0, 0.05) is 30.9 Å². The average molecular weight is 270 g/mol. The SMILES string of the molecule is Cc1[nH]ncc1CNc1ccccc1N1CCCCC1. The van der Waals surface area contributed by atoms with E-state index in [2.05, 4.69) is 51.6 Å². The van der Waals surface area contributed by atoms with Gasteiger partial charge in [0.15, 0.2) is 0 Å². The standard InChI is InChI=1S/C16H22N4/c1-13-14(12-18-19-13)11-17-15-7-3-4-8-16(15)20-9-5-2-6-10-20/h3-4,7-8,12,17H,2,5-6,9-11H2,1H3,(H,18,19). The molecule has 3 rings (SSSR count). The van der Waals surface area contributed by atoms with E-state index in [1.165, 1.54) is 49.3 Å². The maximum absolute atomic E-state index is 4.07. The first kappa shape index (κ1) is 13.0. The number of anilines is 2. The monoisotopic (exact) mass is 270 g/mol. The van der Waals surface area contributed by atoms with Gasteiger partial charge < -0.3 is 10.2 Å². The van der Waals surface area contributed by atoms with Crippen LogP contribution in [0.15, 0.2) is 30.5 Å². The highest BCUT2D eigenvalue weighted by atomic mass is 15.2. The molecule has 0 atom stereocenters. The Morgan fingerprint density at radius 3 is 2.75 bits per heavy atom. The van der Waals surface area contributed by atoms with Gasteiger partial charge >= 0.3 is 0 Å². The summed E-state index contributed by atoms with van der Waals surface area (Å²) in [5.41, 5.74) is 4.90. The summed E-state index contributed by atoms with van der Waals surface area (Å²) < 4.78 is 0. The van der Waals surface area contributed by atoms with Crippen LogP contribution in [0.3, 0.4) is 0 Å². The van der Waals surface area contributed by atoms with Gasteiger partial charge in [-0.25, -0.2) is 0 Å². The number of aryl methyl sites for hydroxylation is 1. The molecule has 1 fully saturated rings. The van der Waals surface area contributed by atoms with E-state index in [9.17, 15) is 0 Å². The molecule has 0 amide bonds. The van der Waals surface area contributed by atoms with Crippen LogP contribution < -0.4 is 10.2 Å². The Morgan fingerprint density at radius 1 is 1.20 bits per heavy atom. The molecule has 0 aliphatic carbocycles. The molecule has 20 heavy (non-hydrogen) atoms. The van der Waals surface area contributed by atoms with Gasteiger partial charge in [0.05, 0.1) is 17.6 Å². The number of aromatic nitrogens is 2. The van der Waals surface area contributed by atoms with Crippen molar-refractivity contribution >= 4 is 11.4 Å². The Morgan fingerprint density at radius 2 is 2.00 bits per heavy atom. The van der Waals surface area contributed by atoms with Gasteiger partial charge in [0.2, 0.25) is 0 Å². The minimum absolute atomic E-state index is 0.813. The molecule has 1 aromatic heterocycles. The van der Waals surface area contributed by atoms with E-state index < -0.39 is 0 Å². The van der Waals surface area contributed by atoms with Crippen LogP contribution in [0.5, 0.6) is 0 Å². The third-order valence-corrected chi connectivity index (χ3v) is 4.00. The lowest BCUT2D eigenvalue weighted by atomic mass is 10.1. The number of nitrogens with one attached hydrogen (secondary N) is 2. The summed E-state index contributed by atoms with van der Waals surface area (Å²) in [6, 6.07) is 8.60. The van der Waals surface area contributed by atoms with Crippen molar-refractivity contribution in [2.24, 2.45) is 0 Å². The molecular formula is C16H22N4. The number of H-pyrrole nitrogens is 1. The summed E-state index contributed by atoms with van der Waals surface area (Å²) in [6.07, 6.45) is 5.86. The quantitative estimate of drug-likeness (QED) is 0.895. The molecule has 106 valence electrons. The maximum Gasteiger partial charge on any atom is 0.0602 e. The highest BCUT2D eigenvalue weighted by molar-refractivity contribution is 5.70. The minimum atomic E-state index is 0.813. The smallest absolute Gasteiger partial charge is 0.0602 e. The molecule has 0 bridgehead atoms. The number of benzene rings is 1. The van der Waals surface area contributed by atoms with Crippen molar-refractivity contribution in [3.05, 3.63) is 41.7 Å². The lowest BCUT2D eigenvalue weighted by molar-refractivity contribution is 0.578. The Bertz CT molecular complexity index is 555. The van der Waals surface area contributed by atoms with Crippen LogP contribution in [0.25, 0.3) is 0 Å². The van der Waals surface area contributed by atoms with Gasteiger partial charge in [-0.3, -0.25) is 5.10 Å². The summed E-state index contributed by atoms with van der Waals surface area (Å²) in [5, 5.41) is 10.6. The molecular weight excluding hydrogens is 248 g/mol. The van der Waals surface area contributed by atoms with Crippen LogP contribution in [-0.4, -0.2) is 23.3 Å². The van der Waals surface area contributed by atoms with Gasteiger partial charge in [-0.05, 0) is 38.3 Å². The zero-order valence-electron chi connectivity index (χ0n) is 12.0. The summed E-state index contributed by atoms with van der Waals surface area (Å²) in [7, 11) is 0. The third kappa shape index (κ3) is 2.79. The van der Waals surface area contributed by atoms with Crippen molar-refractivity contribution in [3.63, 3.8) is 0 Å². The van der Waals surface area contributed by atoms with Crippen LogP contribution in [0.1, 0.15) is 30.5 Å². The molecule has 1 aliphatic rings. The van der Waals surface area contributed by atoms with Crippen molar-refractivity contribution in [3.8, 4) is 0 Å². The fourth-order valence-corrected chi connectivity index (χ4v) is 2.78. The van der Waals surface area contributed by atoms with E-state index in [-0.39, 0.29) is 0 Å². The van der Waals surface area contributed by atoms with Crippen molar-refractivity contribution in [1.82, 2.24) is 10.2 Å². The van der Waals surface area contributed by atoms with Crippen molar-refractivity contribution in [1.29, 1.82) is 0 Å². The number of para-hydroxylation sites is 2. The molecule has 2 heterocycles. The van der Waals surface area contributed by atoms with Crippen LogP contribution in [-0.2, 0) is 6.54 Å². The fourth-order valence-electron chi connectivity index (χ4n) is 2.78. The second-order valence-electron chi connectivity index (χ2n) is 5.44. The molecule has 4 nitrogen and oxygen atoms in total. The first-order valence-electron chi connectivity index (χ1n) is 7.41. The molecule has 1 aromatic carbocycles. The van der Waals surface area contributed by atoms with Gasteiger partial charge in [0.1, 0.15) is 0 Å². The van der Waals surface area contributed by atoms with Crippen LogP contribution in [0.2, 0.25) is 0 Å². The van der Waals surface area contributed by atoms with Crippen LogP contribution in [0, 0.1) is 6.92 Å². The van der Waals surface area contributed by atoms with Gasteiger partial charge in [-0.15, -0.1) is 0 Å². The highest BCUT2D eigenvalue weighted by Crippen LogP contribution is 2.28. The minimum Gasteiger partial charge on any atom is -0.379 e. The number of hydrogen-bond acceptors (Lipinski definition) is 3. The summed E-state index contributed by atoms with van der Waals surface area (Å²) in [6.45, 7) is 5.21. The number of nitrogens with zero attached hydrogens (tertiary/aromatic N) is 2. The molecule has 0 saturated carbocycles. The highest BCUT2D eigenvalue weighted by Gasteiger charge is 2.14. The van der Waals surface area contributed by atoms with E-state index in [1.54, 1.807) is 0 Å². The zero-order chi connectivity index (χ0) is 13.8. The van der Waals surface area contributed by atoms with E-state index in [0.29, 0.717) is 0 Å². The molecule has 0 radical (unpaired) electrons. The van der Waals surface area contributed by atoms with Gasteiger partial charge in [-0.1, -0.05) is 12.1 Å². The Balaban J connectivity index is 1.74. The first-order chi connectivity index (χ1) is 9.84. The van der Waals surface area contributed by atoms with Gasteiger partial charge in [0.25, 0.3) is 0 Å². The average Bonchev–Trinajstić information content (AvgIpc) is 2.92. The number of hydrogen-bond donors (Lipinski definition) is 2. The lowest BCUT2D eigenvalue weighted by Crippen LogP contribution is -2.30. The number of rotatable bonds is 4.